The third kappa shape index (κ3) is 10.2. The van der Waals surface area contributed by atoms with E-state index in [0.29, 0.717) is 12.5 Å². The fourth-order valence-corrected chi connectivity index (χ4v) is 2.71. The van der Waals surface area contributed by atoms with Crippen LogP contribution in [0.3, 0.4) is 0 Å². The Morgan fingerprint density at radius 2 is 1.64 bits per heavy atom. The Morgan fingerprint density at radius 1 is 1.05 bits per heavy atom. The lowest BCUT2D eigenvalue weighted by molar-refractivity contribution is -0.146. The van der Waals surface area contributed by atoms with Gasteiger partial charge in [-0.25, -0.2) is 0 Å². The molecule has 0 bridgehead atoms. The second-order valence-corrected chi connectivity index (χ2v) is 6.55. The Bertz CT molecular complexity index is 291. The number of rotatable bonds is 14. The van der Waals surface area contributed by atoms with Crippen molar-refractivity contribution in [2.24, 2.45) is 0 Å². The summed E-state index contributed by atoms with van der Waals surface area (Å²) < 4.78 is 10.5. The highest BCUT2D eigenvalue weighted by Crippen LogP contribution is 2.31. The molecule has 0 aromatic carbocycles. The van der Waals surface area contributed by atoms with Crippen LogP contribution in [-0.4, -0.2) is 36.0 Å². The summed E-state index contributed by atoms with van der Waals surface area (Å²) >= 11 is 0. The van der Waals surface area contributed by atoms with E-state index >= 15 is 0 Å². The number of epoxide rings is 1. The Morgan fingerprint density at radius 3 is 2.27 bits per heavy atom. The van der Waals surface area contributed by atoms with Crippen molar-refractivity contribution >= 4 is 5.97 Å². The minimum absolute atomic E-state index is 0.0893. The van der Waals surface area contributed by atoms with Gasteiger partial charge < -0.3 is 14.6 Å². The third-order valence-electron chi connectivity index (χ3n) is 4.15. The molecule has 1 saturated heterocycles. The van der Waals surface area contributed by atoms with Crippen molar-refractivity contribution in [1.29, 1.82) is 0 Å². The van der Waals surface area contributed by atoms with E-state index < -0.39 is 6.10 Å². The zero-order valence-electron chi connectivity index (χ0n) is 14.4. The van der Waals surface area contributed by atoms with Crippen LogP contribution >= 0.6 is 0 Å². The van der Waals surface area contributed by atoms with Crippen LogP contribution in [0.2, 0.25) is 0 Å². The second-order valence-electron chi connectivity index (χ2n) is 6.55. The maximum Gasteiger partial charge on any atom is 0.305 e. The molecule has 0 aromatic rings. The van der Waals surface area contributed by atoms with Gasteiger partial charge in [0.2, 0.25) is 0 Å². The highest BCUT2D eigenvalue weighted by Gasteiger charge is 2.37. The summed E-state index contributed by atoms with van der Waals surface area (Å²) in [5.74, 6) is -0.234. The van der Waals surface area contributed by atoms with Crippen molar-refractivity contribution in [2.45, 2.75) is 103 Å². The summed E-state index contributed by atoms with van der Waals surface area (Å²) in [6, 6.07) is 0. The molecule has 0 saturated carbocycles. The van der Waals surface area contributed by atoms with Crippen LogP contribution < -0.4 is 0 Å². The van der Waals surface area contributed by atoms with Crippen LogP contribution in [0.25, 0.3) is 0 Å². The maximum absolute atomic E-state index is 11.4. The molecule has 1 rings (SSSR count). The van der Waals surface area contributed by atoms with Gasteiger partial charge in [-0.1, -0.05) is 58.3 Å². The van der Waals surface area contributed by atoms with Crippen molar-refractivity contribution in [3.8, 4) is 0 Å². The van der Waals surface area contributed by atoms with Gasteiger partial charge in [0.15, 0.2) is 0 Å². The molecular formula is C18H34O4. The number of unbranched alkanes of at least 4 members (excludes halogenated alkanes) is 7. The molecule has 0 amide bonds. The smallest absolute Gasteiger partial charge is 0.305 e. The molecule has 1 heterocycles. The van der Waals surface area contributed by atoms with Crippen molar-refractivity contribution < 1.29 is 19.4 Å². The highest BCUT2D eigenvalue weighted by atomic mass is 16.6. The maximum atomic E-state index is 11.4. The number of esters is 1. The monoisotopic (exact) mass is 314 g/mol. The quantitative estimate of drug-likeness (QED) is 0.299. The van der Waals surface area contributed by atoms with Gasteiger partial charge >= 0.3 is 5.97 Å². The Balaban J connectivity index is 1.85. The number of carbonyl (C=O) groups is 1. The summed E-state index contributed by atoms with van der Waals surface area (Å²) in [7, 11) is 0. The zero-order valence-corrected chi connectivity index (χ0v) is 14.4. The van der Waals surface area contributed by atoms with Crippen LogP contribution in [0.4, 0.5) is 0 Å². The molecule has 1 aliphatic heterocycles. The van der Waals surface area contributed by atoms with E-state index in [4.69, 9.17) is 14.6 Å². The molecule has 4 nitrogen and oxygen atoms in total. The molecule has 130 valence electrons. The number of carbonyl (C=O) groups excluding carboxylic acids is 1. The zero-order chi connectivity index (χ0) is 16.2. The molecular weight excluding hydrogens is 280 g/mol. The average molecular weight is 314 g/mol. The molecule has 1 fully saturated rings. The van der Waals surface area contributed by atoms with Gasteiger partial charge in [0.05, 0.1) is 18.3 Å². The average Bonchev–Trinajstić information content (AvgIpc) is 3.24. The van der Waals surface area contributed by atoms with E-state index in [-0.39, 0.29) is 18.7 Å². The van der Waals surface area contributed by atoms with Crippen molar-refractivity contribution in [2.75, 3.05) is 6.61 Å². The topological polar surface area (TPSA) is 59.1 Å². The lowest BCUT2D eigenvalue weighted by Crippen LogP contribution is -2.15. The predicted molar refractivity (Wildman–Crippen MR) is 87.8 cm³/mol. The van der Waals surface area contributed by atoms with Gasteiger partial charge in [0.1, 0.15) is 6.61 Å². The van der Waals surface area contributed by atoms with E-state index in [1.54, 1.807) is 6.92 Å². The summed E-state index contributed by atoms with van der Waals surface area (Å²) in [5.41, 5.74) is 0. The fraction of sp³-hybridized carbons (Fsp3) is 0.944. The van der Waals surface area contributed by atoms with Crippen LogP contribution in [0, 0.1) is 0 Å². The molecule has 0 radical (unpaired) electrons. The number of aliphatic hydroxyl groups is 1. The van der Waals surface area contributed by atoms with Crippen molar-refractivity contribution in [3.63, 3.8) is 0 Å². The fourth-order valence-electron chi connectivity index (χ4n) is 2.71. The summed E-state index contributed by atoms with van der Waals surface area (Å²) in [5, 5.41) is 9.03. The van der Waals surface area contributed by atoms with Gasteiger partial charge in [-0.3, -0.25) is 4.79 Å². The largest absolute Gasteiger partial charge is 0.463 e. The normalized spacial score (nSPS) is 21.6. The van der Waals surface area contributed by atoms with E-state index in [1.807, 2.05) is 0 Å². The Hall–Kier alpha value is -0.610. The van der Waals surface area contributed by atoms with E-state index in [0.717, 1.165) is 12.8 Å². The van der Waals surface area contributed by atoms with E-state index in [2.05, 4.69) is 6.92 Å². The molecule has 22 heavy (non-hydrogen) atoms. The van der Waals surface area contributed by atoms with Crippen LogP contribution in [0.5, 0.6) is 0 Å². The molecule has 0 aliphatic carbocycles. The standard InChI is InChI=1S/C18H34O4/c1-3-4-5-6-7-8-9-10-11-16-17(22-16)12-13-18(20)21-14-15(2)19/h15-17,19H,3-14H2,1-2H3. The van der Waals surface area contributed by atoms with E-state index in [9.17, 15) is 4.79 Å². The first kappa shape index (κ1) is 19.4. The Labute approximate surface area is 135 Å². The molecule has 1 N–H and O–H groups in total. The van der Waals surface area contributed by atoms with Gasteiger partial charge in [0.25, 0.3) is 0 Å². The van der Waals surface area contributed by atoms with Gasteiger partial charge in [-0.15, -0.1) is 0 Å². The highest BCUT2D eigenvalue weighted by molar-refractivity contribution is 5.69. The molecule has 3 unspecified atom stereocenters. The molecule has 3 atom stereocenters. The number of hydrogen-bond acceptors (Lipinski definition) is 4. The van der Waals surface area contributed by atoms with Gasteiger partial charge in [-0.2, -0.15) is 0 Å². The first-order valence-electron chi connectivity index (χ1n) is 9.12. The summed E-state index contributed by atoms with van der Waals surface area (Å²) in [4.78, 5) is 11.4. The predicted octanol–water partition coefficient (Wildman–Crippen LogP) is 3.99. The lowest BCUT2D eigenvalue weighted by Gasteiger charge is -2.05. The first-order chi connectivity index (χ1) is 10.6. The number of aliphatic hydroxyl groups excluding tert-OH is 1. The molecule has 4 heteroatoms. The van der Waals surface area contributed by atoms with Crippen molar-refractivity contribution in [3.05, 3.63) is 0 Å². The molecule has 0 spiro atoms. The minimum Gasteiger partial charge on any atom is -0.463 e. The second kappa shape index (κ2) is 11.9. The number of ether oxygens (including phenoxy) is 2. The van der Waals surface area contributed by atoms with E-state index in [1.165, 1.54) is 51.4 Å². The van der Waals surface area contributed by atoms with Crippen molar-refractivity contribution in [1.82, 2.24) is 0 Å². The Kier molecular flexibility index (Phi) is 10.5. The van der Waals surface area contributed by atoms with Gasteiger partial charge in [-0.05, 0) is 19.8 Å². The molecule has 1 aliphatic rings. The third-order valence-corrected chi connectivity index (χ3v) is 4.15. The summed E-state index contributed by atoms with van der Waals surface area (Å²) in [6.45, 7) is 3.95. The SMILES string of the molecule is CCCCCCCCCCC1OC1CCC(=O)OCC(C)O. The molecule has 0 aromatic heterocycles. The van der Waals surface area contributed by atoms with Gasteiger partial charge in [0, 0.05) is 6.42 Å². The lowest BCUT2D eigenvalue weighted by atomic mass is 10.0. The minimum atomic E-state index is -0.587. The van der Waals surface area contributed by atoms with Crippen LogP contribution in [-0.2, 0) is 14.3 Å². The first-order valence-corrected chi connectivity index (χ1v) is 9.12. The van der Waals surface area contributed by atoms with Crippen LogP contribution in [0.1, 0.15) is 84.5 Å². The number of hydrogen-bond donors (Lipinski definition) is 1. The summed E-state index contributed by atoms with van der Waals surface area (Å²) in [6.07, 6.45) is 13.0. The van der Waals surface area contributed by atoms with Crippen LogP contribution in [0.15, 0.2) is 0 Å².